The third kappa shape index (κ3) is 3.39. The maximum absolute atomic E-state index is 12.6. The van der Waals surface area contributed by atoms with E-state index in [0.29, 0.717) is 25.9 Å². The minimum atomic E-state index is -0.490. The Bertz CT molecular complexity index is 884. The number of likely N-dealkylation sites (tertiary alicyclic amines) is 1. The van der Waals surface area contributed by atoms with Gasteiger partial charge in [-0.25, -0.2) is 4.98 Å². The molecular formula is C20H23N3O2S. The number of aliphatic hydroxyl groups excluding tert-OH is 1. The van der Waals surface area contributed by atoms with Crippen LogP contribution in [0.1, 0.15) is 35.0 Å². The van der Waals surface area contributed by atoms with Gasteiger partial charge in [-0.1, -0.05) is 12.1 Å². The Morgan fingerprint density at radius 1 is 1.38 bits per heavy atom. The number of thiophene rings is 1. The number of hydrogen-bond acceptors (Lipinski definition) is 4. The molecule has 0 radical (unpaired) electrons. The Kier molecular flexibility index (Phi) is 4.78. The Hall–Kier alpha value is -2.18. The normalized spacial score (nSPS) is 20.6. The van der Waals surface area contributed by atoms with Crippen LogP contribution in [0.2, 0.25) is 0 Å². The minimum Gasteiger partial charge on any atom is -0.391 e. The Morgan fingerprint density at radius 3 is 2.96 bits per heavy atom. The van der Waals surface area contributed by atoms with Crippen LogP contribution >= 0.6 is 11.3 Å². The van der Waals surface area contributed by atoms with Gasteiger partial charge in [0.15, 0.2) is 0 Å². The molecule has 3 aromatic rings. The van der Waals surface area contributed by atoms with Gasteiger partial charge in [0, 0.05) is 36.7 Å². The van der Waals surface area contributed by atoms with E-state index in [0.717, 1.165) is 23.3 Å². The summed E-state index contributed by atoms with van der Waals surface area (Å²) in [6.07, 6.45) is 1.33. The number of hydrogen-bond donors (Lipinski definition) is 2. The van der Waals surface area contributed by atoms with Crippen molar-refractivity contribution in [2.75, 3.05) is 13.1 Å². The first-order valence-corrected chi connectivity index (χ1v) is 9.93. The van der Waals surface area contributed by atoms with Crippen molar-refractivity contribution in [1.29, 1.82) is 0 Å². The van der Waals surface area contributed by atoms with E-state index in [1.54, 1.807) is 16.2 Å². The molecule has 1 aromatic carbocycles. The molecule has 2 N–H and O–H groups in total. The number of aliphatic hydroxyl groups is 1. The second kappa shape index (κ2) is 7.21. The van der Waals surface area contributed by atoms with Gasteiger partial charge >= 0.3 is 0 Å². The summed E-state index contributed by atoms with van der Waals surface area (Å²) in [6, 6.07) is 9.97. The molecule has 0 bridgehead atoms. The number of aromatic amines is 1. The molecule has 4 rings (SSSR count). The van der Waals surface area contributed by atoms with Gasteiger partial charge in [0.05, 0.1) is 17.1 Å². The number of imidazole rings is 1. The molecule has 2 aromatic heterocycles. The lowest BCUT2D eigenvalue weighted by atomic mass is 9.90. The molecular weight excluding hydrogens is 346 g/mol. The highest BCUT2D eigenvalue weighted by Crippen LogP contribution is 2.34. The third-order valence-electron chi connectivity index (χ3n) is 5.19. The lowest BCUT2D eigenvalue weighted by Gasteiger charge is -2.36. The molecule has 1 saturated heterocycles. The highest BCUT2D eigenvalue weighted by molar-refractivity contribution is 7.10. The summed E-state index contributed by atoms with van der Waals surface area (Å²) in [5.74, 6) is 1.07. The van der Waals surface area contributed by atoms with E-state index in [1.807, 2.05) is 24.3 Å². The number of benzene rings is 1. The molecule has 1 amide bonds. The number of carbonyl (C=O) groups is 1. The van der Waals surface area contributed by atoms with Gasteiger partial charge in [0.2, 0.25) is 5.91 Å². The second-order valence-electron chi connectivity index (χ2n) is 6.97. The molecule has 2 atom stereocenters. The molecule has 0 aliphatic carbocycles. The van der Waals surface area contributed by atoms with Crippen LogP contribution in [0, 0.1) is 6.92 Å². The van der Waals surface area contributed by atoms with Crippen LogP contribution in [0.5, 0.6) is 0 Å². The lowest BCUT2D eigenvalue weighted by Crippen LogP contribution is -2.45. The minimum absolute atomic E-state index is 0.0888. The van der Waals surface area contributed by atoms with E-state index >= 15 is 0 Å². The highest BCUT2D eigenvalue weighted by Gasteiger charge is 2.32. The van der Waals surface area contributed by atoms with E-state index < -0.39 is 6.10 Å². The van der Waals surface area contributed by atoms with E-state index in [1.165, 1.54) is 10.4 Å². The van der Waals surface area contributed by atoms with Crippen molar-refractivity contribution in [2.24, 2.45) is 0 Å². The fourth-order valence-electron chi connectivity index (χ4n) is 3.74. The summed E-state index contributed by atoms with van der Waals surface area (Å²) < 4.78 is 0. The number of piperidine rings is 1. The average molecular weight is 369 g/mol. The summed E-state index contributed by atoms with van der Waals surface area (Å²) in [6.45, 7) is 3.21. The van der Waals surface area contributed by atoms with Gasteiger partial charge < -0.3 is 15.0 Å². The number of nitrogens with zero attached hydrogens (tertiary/aromatic N) is 2. The van der Waals surface area contributed by atoms with Crippen molar-refractivity contribution in [3.63, 3.8) is 0 Å². The molecule has 0 spiro atoms. The van der Waals surface area contributed by atoms with Gasteiger partial charge in [-0.2, -0.15) is 0 Å². The topological polar surface area (TPSA) is 69.2 Å². The van der Waals surface area contributed by atoms with E-state index in [-0.39, 0.29) is 11.8 Å². The smallest absolute Gasteiger partial charge is 0.223 e. The molecule has 0 unspecified atom stereocenters. The van der Waals surface area contributed by atoms with Crippen molar-refractivity contribution >= 4 is 28.3 Å². The first kappa shape index (κ1) is 17.2. The first-order valence-electron chi connectivity index (χ1n) is 9.05. The molecule has 26 heavy (non-hydrogen) atoms. The molecule has 0 saturated carbocycles. The van der Waals surface area contributed by atoms with E-state index in [4.69, 9.17) is 0 Å². The maximum atomic E-state index is 12.6. The molecule has 5 nitrogen and oxygen atoms in total. The van der Waals surface area contributed by atoms with Crippen LogP contribution in [0.3, 0.4) is 0 Å². The van der Waals surface area contributed by atoms with Crippen molar-refractivity contribution < 1.29 is 9.90 Å². The van der Waals surface area contributed by atoms with Gasteiger partial charge in [-0.05, 0) is 42.5 Å². The Balaban J connectivity index is 1.35. The quantitative estimate of drug-likeness (QED) is 0.742. The fourth-order valence-corrected chi connectivity index (χ4v) is 4.86. The van der Waals surface area contributed by atoms with Crippen LogP contribution in [0.25, 0.3) is 11.0 Å². The number of aromatic nitrogens is 2. The van der Waals surface area contributed by atoms with Crippen molar-refractivity contribution in [3.05, 3.63) is 52.0 Å². The monoisotopic (exact) mass is 369 g/mol. The van der Waals surface area contributed by atoms with E-state index in [2.05, 4.69) is 28.3 Å². The summed E-state index contributed by atoms with van der Waals surface area (Å²) in [7, 11) is 0. The number of rotatable bonds is 4. The highest BCUT2D eigenvalue weighted by atomic mass is 32.1. The number of aryl methyl sites for hydroxylation is 2. The summed E-state index contributed by atoms with van der Waals surface area (Å²) in [5.41, 5.74) is 3.17. The van der Waals surface area contributed by atoms with E-state index in [9.17, 15) is 9.90 Å². The van der Waals surface area contributed by atoms with Crippen LogP contribution in [0.4, 0.5) is 0 Å². The van der Waals surface area contributed by atoms with Crippen molar-refractivity contribution in [2.45, 2.75) is 38.2 Å². The number of nitrogens with one attached hydrogen (secondary N) is 1. The van der Waals surface area contributed by atoms with Crippen LogP contribution < -0.4 is 0 Å². The van der Waals surface area contributed by atoms with Crippen LogP contribution in [-0.2, 0) is 11.2 Å². The number of β-amino-alcohol motifs (C(OH)–C–C–N with tert-alkyl or cyclic N) is 1. The van der Waals surface area contributed by atoms with Crippen LogP contribution in [-0.4, -0.2) is 45.1 Å². The predicted octanol–water partition coefficient (Wildman–Crippen LogP) is 3.24. The Morgan fingerprint density at radius 2 is 2.23 bits per heavy atom. The molecule has 1 aliphatic rings. The summed E-state index contributed by atoms with van der Waals surface area (Å²) in [4.78, 5) is 23.4. The van der Waals surface area contributed by atoms with Crippen molar-refractivity contribution in [3.8, 4) is 0 Å². The molecule has 1 aliphatic heterocycles. The standard InChI is InChI=1S/C20H23N3O2S/c1-13-9-11-26-20(13)14-8-10-23(12-17(14)24)19(25)7-6-18-21-15-4-2-3-5-16(15)22-18/h2-5,9,11,14,17,24H,6-8,10,12H2,1H3,(H,21,22)/t14-,17-/m1/s1. The Labute approximate surface area is 156 Å². The summed E-state index contributed by atoms with van der Waals surface area (Å²) >= 11 is 1.70. The second-order valence-corrected chi connectivity index (χ2v) is 7.92. The largest absolute Gasteiger partial charge is 0.391 e. The number of fused-ring (bicyclic) bond motifs is 1. The maximum Gasteiger partial charge on any atom is 0.223 e. The van der Waals surface area contributed by atoms with Gasteiger partial charge in [0.1, 0.15) is 5.82 Å². The average Bonchev–Trinajstić information content (AvgIpc) is 3.25. The SMILES string of the molecule is Cc1ccsc1[C@@H]1CCN(C(=O)CCc2nc3ccccc3[nH]2)C[C@H]1O. The zero-order valence-corrected chi connectivity index (χ0v) is 15.6. The molecule has 3 heterocycles. The lowest BCUT2D eigenvalue weighted by molar-refractivity contribution is -0.134. The number of para-hydroxylation sites is 2. The van der Waals surface area contributed by atoms with Crippen molar-refractivity contribution in [1.82, 2.24) is 14.9 Å². The fraction of sp³-hybridized carbons (Fsp3) is 0.400. The molecule has 136 valence electrons. The van der Waals surface area contributed by atoms with Gasteiger partial charge in [0.25, 0.3) is 0 Å². The predicted molar refractivity (Wildman–Crippen MR) is 103 cm³/mol. The number of carbonyl (C=O) groups excluding carboxylic acids is 1. The molecule has 1 fully saturated rings. The zero-order chi connectivity index (χ0) is 18.1. The third-order valence-corrected chi connectivity index (χ3v) is 6.34. The first-order chi connectivity index (χ1) is 12.6. The molecule has 6 heteroatoms. The number of amides is 1. The zero-order valence-electron chi connectivity index (χ0n) is 14.8. The van der Waals surface area contributed by atoms with Gasteiger partial charge in [-0.15, -0.1) is 11.3 Å². The number of H-pyrrole nitrogens is 1. The van der Waals surface area contributed by atoms with Crippen LogP contribution in [0.15, 0.2) is 35.7 Å². The van der Waals surface area contributed by atoms with Gasteiger partial charge in [-0.3, -0.25) is 4.79 Å². The summed E-state index contributed by atoms with van der Waals surface area (Å²) in [5, 5.41) is 12.6.